The van der Waals surface area contributed by atoms with Crippen LogP contribution in [0, 0.1) is 12.8 Å². The summed E-state index contributed by atoms with van der Waals surface area (Å²) in [6, 6.07) is 8.76. The molecule has 1 aromatic carbocycles. The predicted octanol–water partition coefficient (Wildman–Crippen LogP) is 3.51. The van der Waals surface area contributed by atoms with Gasteiger partial charge in [-0.05, 0) is 30.6 Å². The Morgan fingerprint density at radius 1 is 1.43 bits per heavy atom. The first-order valence-electron chi connectivity index (χ1n) is 5.03. The molecule has 2 rings (SSSR count). The molecule has 1 aromatic rings. The molecule has 0 bridgehead atoms. The van der Waals surface area contributed by atoms with Crippen LogP contribution in [0.2, 0.25) is 0 Å². The number of hydrogen-bond donors (Lipinski definition) is 0. The van der Waals surface area contributed by atoms with Crippen LogP contribution in [0.4, 0.5) is 0 Å². The van der Waals surface area contributed by atoms with Gasteiger partial charge in [-0.3, -0.25) is 0 Å². The van der Waals surface area contributed by atoms with Crippen molar-refractivity contribution in [2.75, 3.05) is 11.5 Å². The normalized spacial score (nSPS) is 26.7. The quantitative estimate of drug-likeness (QED) is 0.696. The van der Waals surface area contributed by atoms with E-state index < -0.39 is 0 Å². The van der Waals surface area contributed by atoms with Crippen LogP contribution in [0.5, 0.6) is 0 Å². The second kappa shape index (κ2) is 4.59. The van der Waals surface area contributed by atoms with Gasteiger partial charge in [0.2, 0.25) is 0 Å². The second-order valence-corrected chi connectivity index (χ2v) is 5.64. The van der Waals surface area contributed by atoms with Crippen molar-refractivity contribution >= 4 is 23.4 Å². The minimum Gasteiger partial charge on any atom is -0.160 e. The summed E-state index contributed by atoms with van der Waals surface area (Å²) in [6.07, 6.45) is 1.14. The first-order chi connectivity index (χ1) is 6.75. The van der Waals surface area contributed by atoms with Gasteiger partial charge in [-0.1, -0.05) is 29.8 Å². The van der Waals surface area contributed by atoms with E-state index in [1.807, 2.05) is 11.8 Å². The Morgan fingerprint density at radius 2 is 2.29 bits per heavy atom. The first-order valence-corrected chi connectivity index (χ1v) is 6.62. The van der Waals surface area contributed by atoms with Gasteiger partial charge in [-0.2, -0.15) is 11.8 Å². The number of hydrogen-bond acceptors (Lipinski definition) is 1. The van der Waals surface area contributed by atoms with Crippen LogP contribution in [-0.4, -0.2) is 16.9 Å². The minimum atomic E-state index is 0.375. The van der Waals surface area contributed by atoms with Crippen LogP contribution in [0.1, 0.15) is 11.1 Å². The van der Waals surface area contributed by atoms with Crippen LogP contribution in [0.3, 0.4) is 0 Å². The van der Waals surface area contributed by atoms with Gasteiger partial charge in [-0.25, -0.2) is 0 Å². The molecule has 0 aromatic heterocycles. The summed E-state index contributed by atoms with van der Waals surface area (Å²) in [6.45, 7) is 2.14. The van der Waals surface area contributed by atoms with E-state index in [0.717, 1.165) is 12.2 Å². The molecule has 0 aliphatic carbocycles. The lowest BCUT2D eigenvalue weighted by molar-refractivity contribution is 0.603. The lowest BCUT2D eigenvalue weighted by atomic mass is 9.97. The Hall–Kier alpha value is -0.140. The molecule has 0 spiro atoms. The van der Waals surface area contributed by atoms with Gasteiger partial charge < -0.3 is 0 Å². The Labute approximate surface area is 95.0 Å². The van der Waals surface area contributed by atoms with Gasteiger partial charge in [0, 0.05) is 11.1 Å². The van der Waals surface area contributed by atoms with Crippen molar-refractivity contribution in [3.05, 3.63) is 35.4 Å². The monoisotopic (exact) mass is 226 g/mol. The van der Waals surface area contributed by atoms with E-state index >= 15 is 0 Å². The topological polar surface area (TPSA) is 0 Å². The van der Waals surface area contributed by atoms with E-state index in [2.05, 4.69) is 31.2 Å². The van der Waals surface area contributed by atoms with Gasteiger partial charge in [0.15, 0.2) is 0 Å². The minimum absolute atomic E-state index is 0.375. The molecule has 0 amide bonds. The summed E-state index contributed by atoms with van der Waals surface area (Å²) in [5.74, 6) is 3.02. The van der Waals surface area contributed by atoms with Gasteiger partial charge in [0.1, 0.15) is 0 Å². The molecule has 0 saturated carbocycles. The van der Waals surface area contributed by atoms with E-state index in [9.17, 15) is 0 Å². The standard InChI is InChI=1S/C12H15ClS/c1-9-3-2-4-10(5-9)6-11-7-14-8-12(11)13/h2-5,11-12H,6-8H2,1H3. The predicted molar refractivity (Wildman–Crippen MR) is 65.3 cm³/mol. The van der Waals surface area contributed by atoms with Crippen molar-refractivity contribution in [2.24, 2.45) is 5.92 Å². The Kier molecular flexibility index (Phi) is 3.40. The van der Waals surface area contributed by atoms with Crippen molar-refractivity contribution in [3.8, 4) is 0 Å². The van der Waals surface area contributed by atoms with Crippen LogP contribution < -0.4 is 0 Å². The fourth-order valence-corrected chi connectivity index (χ4v) is 3.74. The molecule has 1 fully saturated rings. The maximum absolute atomic E-state index is 6.25. The smallest absolute Gasteiger partial charge is 0.0465 e. The van der Waals surface area contributed by atoms with Crippen molar-refractivity contribution in [2.45, 2.75) is 18.7 Å². The highest BCUT2D eigenvalue weighted by Gasteiger charge is 2.25. The molecule has 2 heteroatoms. The van der Waals surface area contributed by atoms with Gasteiger partial charge in [0.25, 0.3) is 0 Å². The summed E-state index contributed by atoms with van der Waals surface area (Å²) < 4.78 is 0. The molecule has 0 radical (unpaired) electrons. The van der Waals surface area contributed by atoms with Gasteiger partial charge >= 0.3 is 0 Å². The third-order valence-corrected chi connectivity index (χ3v) is 4.65. The largest absolute Gasteiger partial charge is 0.160 e. The Morgan fingerprint density at radius 3 is 2.93 bits per heavy atom. The second-order valence-electron chi connectivity index (χ2n) is 4.01. The number of aryl methyl sites for hydroxylation is 1. The third kappa shape index (κ3) is 2.46. The Balaban J connectivity index is 2.03. The molecule has 0 N–H and O–H groups in total. The maximum atomic E-state index is 6.25. The van der Waals surface area contributed by atoms with Gasteiger partial charge in [0.05, 0.1) is 0 Å². The summed E-state index contributed by atoms with van der Waals surface area (Å²) in [5.41, 5.74) is 2.78. The van der Waals surface area contributed by atoms with E-state index in [0.29, 0.717) is 11.3 Å². The fraction of sp³-hybridized carbons (Fsp3) is 0.500. The van der Waals surface area contributed by atoms with Crippen LogP contribution in [0.15, 0.2) is 24.3 Å². The highest BCUT2D eigenvalue weighted by Crippen LogP contribution is 2.31. The molecule has 1 saturated heterocycles. The van der Waals surface area contributed by atoms with E-state index in [-0.39, 0.29) is 0 Å². The number of halogens is 1. The molecule has 14 heavy (non-hydrogen) atoms. The third-order valence-electron chi connectivity index (χ3n) is 2.70. The number of thioether (sulfide) groups is 1. The highest BCUT2D eigenvalue weighted by atomic mass is 35.5. The molecular weight excluding hydrogens is 212 g/mol. The lowest BCUT2D eigenvalue weighted by Crippen LogP contribution is -2.14. The Bertz CT molecular complexity index is 311. The molecule has 1 aliphatic rings. The average molecular weight is 227 g/mol. The molecular formula is C12H15ClS. The zero-order chi connectivity index (χ0) is 9.97. The van der Waals surface area contributed by atoms with E-state index in [1.165, 1.54) is 16.9 Å². The zero-order valence-electron chi connectivity index (χ0n) is 8.37. The van der Waals surface area contributed by atoms with Crippen LogP contribution in [0.25, 0.3) is 0 Å². The van der Waals surface area contributed by atoms with Crippen LogP contribution >= 0.6 is 23.4 Å². The van der Waals surface area contributed by atoms with Crippen molar-refractivity contribution in [3.63, 3.8) is 0 Å². The summed E-state index contributed by atoms with van der Waals surface area (Å²) >= 11 is 8.23. The van der Waals surface area contributed by atoms with Crippen molar-refractivity contribution < 1.29 is 0 Å². The molecule has 0 nitrogen and oxygen atoms in total. The number of alkyl halides is 1. The van der Waals surface area contributed by atoms with Crippen molar-refractivity contribution in [1.29, 1.82) is 0 Å². The molecule has 2 unspecified atom stereocenters. The fourth-order valence-electron chi connectivity index (χ4n) is 1.90. The maximum Gasteiger partial charge on any atom is 0.0465 e. The SMILES string of the molecule is Cc1cccc(CC2CSCC2Cl)c1. The lowest BCUT2D eigenvalue weighted by Gasteiger charge is -2.12. The van der Waals surface area contributed by atoms with Crippen LogP contribution in [-0.2, 0) is 6.42 Å². The zero-order valence-corrected chi connectivity index (χ0v) is 9.94. The van der Waals surface area contributed by atoms with E-state index in [1.54, 1.807) is 0 Å². The molecule has 76 valence electrons. The van der Waals surface area contributed by atoms with Crippen molar-refractivity contribution in [1.82, 2.24) is 0 Å². The number of rotatable bonds is 2. The highest BCUT2D eigenvalue weighted by molar-refractivity contribution is 7.99. The molecule has 1 heterocycles. The average Bonchev–Trinajstić information content (AvgIpc) is 2.52. The first kappa shape index (κ1) is 10.4. The summed E-state index contributed by atoms with van der Waals surface area (Å²) in [5, 5.41) is 0.375. The summed E-state index contributed by atoms with van der Waals surface area (Å²) in [7, 11) is 0. The molecule has 2 atom stereocenters. The van der Waals surface area contributed by atoms with Gasteiger partial charge in [-0.15, -0.1) is 11.6 Å². The number of benzene rings is 1. The summed E-state index contributed by atoms with van der Waals surface area (Å²) in [4.78, 5) is 0. The van der Waals surface area contributed by atoms with E-state index in [4.69, 9.17) is 11.6 Å². The molecule has 1 aliphatic heterocycles.